The molecule has 4 nitrogen and oxygen atoms in total. The SMILES string of the molecule is O=C1NC(Cc2ccccc2)C(=O)N1CC1CC1. The Bertz CT molecular complexity index is 468. The van der Waals surface area contributed by atoms with Gasteiger partial charge in [0.2, 0.25) is 0 Å². The number of benzene rings is 1. The molecule has 1 atom stereocenters. The highest BCUT2D eigenvalue weighted by molar-refractivity contribution is 6.04. The summed E-state index contributed by atoms with van der Waals surface area (Å²) in [5.74, 6) is 0.464. The summed E-state index contributed by atoms with van der Waals surface area (Å²) >= 11 is 0. The zero-order valence-electron chi connectivity index (χ0n) is 10.1. The minimum atomic E-state index is -0.390. The topological polar surface area (TPSA) is 49.4 Å². The average molecular weight is 244 g/mol. The van der Waals surface area contributed by atoms with E-state index < -0.39 is 6.04 Å². The summed E-state index contributed by atoms with van der Waals surface area (Å²) in [4.78, 5) is 25.2. The summed E-state index contributed by atoms with van der Waals surface area (Å²) in [5.41, 5.74) is 1.07. The molecule has 0 radical (unpaired) electrons. The average Bonchev–Trinajstić information content (AvgIpc) is 3.15. The molecule has 0 aromatic heterocycles. The zero-order valence-corrected chi connectivity index (χ0v) is 10.1. The van der Waals surface area contributed by atoms with Crippen LogP contribution in [0.4, 0.5) is 4.79 Å². The van der Waals surface area contributed by atoms with E-state index in [1.54, 1.807) is 0 Å². The van der Waals surface area contributed by atoms with Crippen LogP contribution in [0.1, 0.15) is 18.4 Å². The molecule has 1 unspecified atom stereocenters. The molecule has 1 saturated carbocycles. The summed E-state index contributed by atoms with van der Waals surface area (Å²) in [6, 6.07) is 9.16. The summed E-state index contributed by atoms with van der Waals surface area (Å²) in [6.07, 6.45) is 2.85. The molecule has 2 fully saturated rings. The van der Waals surface area contributed by atoms with Gasteiger partial charge in [-0.15, -0.1) is 0 Å². The van der Waals surface area contributed by atoms with Crippen molar-refractivity contribution in [3.63, 3.8) is 0 Å². The lowest BCUT2D eigenvalue weighted by molar-refractivity contribution is -0.127. The molecule has 1 saturated heterocycles. The van der Waals surface area contributed by atoms with Crippen LogP contribution in [0.2, 0.25) is 0 Å². The van der Waals surface area contributed by atoms with Crippen molar-refractivity contribution >= 4 is 11.9 Å². The van der Waals surface area contributed by atoms with Gasteiger partial charge in [0.15, 0.2) is 0 Å². The number of imide groups is 1. The highest BCUT2D eigenvalue weighted by Gasteiger charge is 2.40. The lowest BCUT2D eigenvalue weighted by Gasteiger charge is -2.12. The Morgan fingerprint density at radius 3 is 2.56 bits per heavy atom. The maximum atomic E-state index is 12.1. The largest absolute Gasteiger partial charge is 0.325 e. The van der Waals surface area contributed by atoms with Crippen LogP contribution in [0.5, 0.6) is 0 Å². The van der Waals surface area contributed by atoms with Crippen molar-refractivity contribution in [2.75, 3.05) is 6.54 Å². The number of hydrogen-bond donors (Lipinski definition) is 1. The monoisotopic (exact) mass is 244 g/mol. The van der Waals surface area contributed by atoms with Crippen LogP contribution < -0.4 is 5.32 Å². The van der Waals surface area contributed by atoms with E-state index >= 15 is 0 Å². The van der Waals surface area contributed by atoms with Crippen LogP contribution in [0, 0.1) is 5.92 Å². The predicted octanol–water partition coefficient (Wildman–Crippen LogP) is 1.56. The van der Waals surface area contributed by atoms with Gasteiger partial charge in [-0.3, -0.25) is 9.69 Å². The third-order valence-corrected chi connectivity index (χ3v) is 3.53. The first kappa shape index (κ1) is 11.3. The van der Waals surface area contributed by atoms with Gasteiger partial charge in [0.1, 0.15) is 6.04 Å². The smallest absolute Gasteiger partial charge is 0.324 e. The number of amides is 3. The van der Waals surface area contributed by atoms with Gasteiger partial charge in [0, 0.05) is 13.0 Å². The van der Waals surface area contributed by atoms with E-state index in [2.05, 4.69) is 5.32 Å². The van der Waals surface area contributed by atoms with Crippen molar-refractivity contribution in [2.24, 2.45) is 5.92 Å². The van der Waals surface area contributed by atoms with E-state index in [0.29, 0.717) is 18.9 Å². The Morgan fingerprint density at radius 2 is 1.89 bits per heavy atom. The molecule has 0 bridgehead atoms. The molecular formula is C14H16N2O2. The van der Waals surface area contributed by atoms with Gasteiger partial charge in [-0.25, -0.2) is 4.79 Å². The summed E-state index contributed by atoms with van der Waals surface area (Å²) in [6.45, 7) is 0.593. The fourth-order valence-corrected chi connectivity index (χ4v) is 2.30. The third kappa shape index (κ3) is 2.23. The van der Waals surface area contributed by atoms with Crippen molar-refractivity contribution in [1.29, 1.82) is 0 Å². The maximum absolute atomic E-state index is 12.1. The van der Waals surface area contributed by atoms with Gasteiger partial charge in [0.05, 0.1) is 0 Å². The van der Waals surface area contributed by atoms with E-state index in [4.69, 9.17) is 0 Å². The Hall–Kier alpha value is -1.84. The normalized spacial score (nSPS) is 23.3. The molecule has 1 aromatic rings. The quantitative estimate of drug-likeness (QED) is 0.817. The second kappa shape index (κ2) is 4.44. The lowest BCUT2D eigenvalue weighted by atomic mass is 10.1. The third-order valence-electron chi connectivity index (χ3n) is 3.53. The summed E-state index contributed by atoms with van der Waals surface area (Å²) in [5, 5.41) is 2.77. The van der Waals surface area contributed by atoms with Crippen molar-refractivity contribution in [2.45, 2.75) is 25.3 Å². The molecule has 1 heterocycles. The second-order valence-corrected chi connectivity index (χ2v) is 5.08. The van der Waals surface area contributed by atoms with Crippen LogP contribution >= 0.6 is 0 Å². The summed E-state index contributed by atoms with van der Waals surface area (Å²) in [7, 11) is 0. The first-order valence-electron chi connectivity index (χ1n) is 6.40. The molecule has 1 aromatic carbocycles. The Kier molecular flexibility index (Phi) is 2.78. The van der Waals surface area contributed by atoms with Gasteiger partial charge < -0.3 is 5.32 Å². The van der Waals surface area contributed by atoms with Gasteiger partial charge in [0.25, 0.3) is 5.91 Å². The maximum Gasteiger partial charge on any atom is 0.324 e. The number of carbonyl (C=O) groups excluding carboxylic acids is 2. The summed E-state index contributed by atoms with van der Waals surface area (Å²) < 4.78 is 0. The molecule has 2 aliphatic rings. The minimum Gasteiger partial charge on any atom is -0.325 e. The molecule has 1 aliphatic carbocycles. The number of nitrogens with zero attached hydrogens (tertiary/aromatic N) is 1. The Morgan fingerprint density at radius 1 is 1.17 bits per heavy atom. The van der Waals surface area contributed by atoms with Crippen molar-refractivity contribution < 1.29 is 9.59 Å². The first-order valence-corrected chi connectivity index (χ1v) is 6.40. The number of rotatable bonds is 4. The van der Waals surface area contributed by atoms with Gasteiger partial charge in [-0.2, -0.15) is 0 Å². The van der Waals surface area contributed by atoms with Gasteiger partial charge in [-0.05, 0) is 24.3 Å². The number of carbonyl (C=O) groups is 2. The van der Waals surface area contributed by atoms with E-state index in [1.165, 1.54) is 4.90 Å². The zero-order chi connectivity index (χ0) is 12.5. The van der Waals surface area contributed by atoms with Crippen molar-refractivity contribution in [1.82, 2.24) is 10.2 Å². The fraction of sp³-hybridized carbons (Fsp3) is 0.429. The molecule has 3 amide bonds. The highest BCUT2D eigenvalue weighted by atomic mass is 16.2. The van der Waals surface area contributed by atoms with E-state index in [1.807, 2.05) is 30.3 Å². The lowest BCUT2D eigenvalue weighted by Crippen LogP contribution is -2.33. The van der Waals surface area contributed by atoms with Gasteiger partial charge in [-0.1, -0.05) is 30.3 Å². The number of urea groups is 1. The molecule has 4 heteroatoms. The molecular weight excluding hydrogens is 228 g/mol. The van der Waals surface area contributed by atoms with E-state index in [0.717, 1.165) is 18.4 Å². The van der Waals surface area contributed by atoms with Crippen LogP contribution in [-0.2, 0) is 11.2 Å². The van der Waals surface area contributed by atoms with Crippen LogP contribution in [-0.4, -0.2) is 29.4 Å². The Balaban J connectivity index is 1.67. The number of nitrogens with one attached hydrogen (secondary N) is 1. The molecule has 3 rings (SSSR count). The van der Waals surface area contributed by atoms with Crippen molar-refractivity contribution in [3.8, 4) is 0 Å². The van der Waals surface area contributed by atoms with Crippen LogP contribution in [0.25, 0.3) is 0 Å². The molecule has 18 heavy (non-hydrogen) atoms. The Labute approximate surface area is 106 Å². The molecule has 94 valence electrons. The standard InChI is InChI=1S/C14H16N2O2/c17-13-12(8-10-4-2-1-3-5-10)15-14(18)16(13)9-11-6-7-11/h1-5,11-12H,6-9H2,(H,15,18). The second-order valence-electron chi connectivity index (χ2n) is 5.08. The molecule has 1 N–H and O–H groups in total. The van der Waals surface area contributed by atoms with E-state index in [9.17, 15) is 9.59 Å². The van der Waals surface area contributed by atoms with Gasteiger partial charge >= 0.3 is 6.03 Å². The van der Waals surface area contributed by atoms with E-state index in [-0.39, 0.29) is 11.9 Å². The van der Waals surface area contributed by atoms with Crippen molar-refractivity contribution in [3.05, 3.63) is 35.9 Å². The first-order chi connectivity index (χ1) is 8.74. The molecule has 1 aliphatic heterocycles. The number of hydrogen-bond acceptors (Lipinski definition) is 2. The van der Waals surface area contributed by atoms with Crippen LogP contribution in [0.15, 0.2) is 30.3 Å². The molecule has 0 spiro atoms. The van der Waals surface area contributed by atoms with Crippen LogP contribution in [0.3, 0.4) is 0 Å². The minimum absolute atomic E-state index is 0.0734. The fourth-order valence-electron chi connectivity index (χ4n) is 2.30. The predicted molar refractivity (Wildman–Crippen MR) is 66.9 cm³/mol. The highest BCUT2D eigenvalue weighted by Crippen LogP contribution is 2.30.